The van der Waals surface area contributed by atoms with Gasteiger partial charge in [-0.15, -0.1) is 0 Å². The van der Waals surface area contributed by atoms with Gasteiger partial charge in [0.2, 0.25) is 0 Å². The number of benzene rings is 4. The van der Waals surface area contributed by atoms with E-state index in [4.69, 9.17) is 29.4 Å². The summed E-state index contributed by atoms with van der Waals surface area (Å²) in [5.41, 5.74) is 7.95. The second kappa shape index (κ2) is 16.5. The molecule has 1 saturated heterocycles. The van der Waals surface area contributed by atoms with Crippen molar-refractivity contribution in [3.8, 4) is 11.5 Å². The van der Waals surface area contributed by atoms with Crippen LogP contribution in [0.25, 0.3) is 10.8 Å². The number of piperidine rings is 1. The minimum absolute atomic E-state index is 0.0686. The van der Waals surface area contributed by atoms with Crippen LogP contribution in [0.4, 0.5) is 4.79 Å². The van der Waals surface area contributed by atoms with Gasteiger partial charge in [0.25, 0.3) is 5.91 Å². The molecule has 0 spiro atoms. The second-order valence-corrected chi connectivity index (χ2v) is 13.0. The number of amides is 2. The van der Waals surface area contributed by atoms with Gasteiger partial charge < -0.3 is 34.3 Å². The fourth-order valence-electron chi connectivity index (χ4n) is 5.74. The van der Waals surface area contributed by atoms with Gasteiger partial charge in [-0.2, -0.15) is 0 Å². The van der Waals surface area contributed by atoms with Crippen LogP contribution in [-0.4, -0.2) is 61.5 Å². The maximum atomic E-state index is 13.0. The summed E-state index contributed by atoms with van der Waals surface area (Å²) in [7, 11) is 0. The Morgan fingerprint density at radius 2 is 1.65 bits per heavy atom. The Balaban J connectivity index is 1.22. The number of primary amides is 1. The lowest BCUT2D eigenvalue weighted by atomic mass is 9.87. The van der Waals surface area contributed by atoms with E-state index in [1.807, 2.05) is 87.5 Å². The van der Waals surface area contributed by atoms with Crippen LogP contribution in [0, 0.1) is 0 Å². The summed E-state index contributed by atoms with van der Waals surface area (Å²) in [6.07, 6.45) is 0.914. The van der Waals surface area contributed by atoms with Crippen LogP contribution in [0.1, 0.15) is 56.2 Å². The van der Waals surface area contributed by atoms with Crippen LogP contribution in [-0.2, 0) is 32.2 Å². The van der Waals surface area contributed by atoms with Crippen molar-refractivity contribution in [2.75, 3.05) is 32.9 Å². The molecule has 1 aliphatic rings. The van der Waals surface area contributed by atoms with Crippen molar-refractivity contribution in [3.05, 3.63) is 108 Å². The van der Waals surface area contributed by atoms with E-state index in [0.29, 0.717) is 45.3 Å². The van der Waals surface area contributed by atoms with E-state index in [2.05, 4.69) is 24.3 Å². The molecule has 4 aromatic carbocycles. The van der Waals surface area contributed by atoms with Gasteiger partial charge in [-0.3, -0.25) is 4.79 Å². The molecule has 4 aromatic rings. The Bertz CT molecular complexity index is 1640. The zero-order valence-corrected chi connectivity index (χ0v) is 28.1. The maximum Gasteiger partial charge on any atom is 0.410 e. The Labute approximate surface area is 282 Å². The van der Waals surface area contributed by atoms with E-state index in [-0.39, 0.29) is 24.7 Å². The smallest absolute Gasteiger partial charge is 0.410 e. The van der Waals surface area contributed by atoms with Gasteiger partial charge in [0.1, 0.15) is 17.1 Å². The molecule has 2 N–H and O–H groups in total. The largest absolute Gasteiger partial charge is 0.494 e. The quantitative estimate of drug-likeness (QED) is 0.146. The molecule has 48 heavy (non-hydrogen) atoms. The number of nitrogens with two attached hydrogens (primary N) is 1. The topological polar surface area (TPSA) is 110 Å². The van der Waals surface area contributed by atoms with Crippen molar-refractivity contribution in [3.63, 3.8) is 0 Å². The van der Waals surface area contributed by atoms with Crippen LogP contribution < -0.4 is 15.2 Å². The first-order valence-corrected chi connectivity index (χ1v) is 16.5. The molecule has 0 aliphatic carbocycles. The van der Waals surface area contributed by atoms with Gasteiger partial charge in [-0.05, 0) is 73.5 Å². The number of hydrogen-bond donors (Lipinski definition) is 1. The van der Waals surface area contributed by atoms with Crippen molar-refractivity contribution in [2.24, 2.45) is 5.73 Å². The lowest BCUT2D eigenvalue weighted by Gasteiger charge is -2.39. The second-order valence-electron chi connectivity index (χ2n) is 13.0. The van der Waals surface area contributed by atoms with Crippen molar-refractivity contribution in [2.45, 2.75) is 64.4 Å². The van der Waals surface area contributed by atoms with Gasteiger partial charge in [0.05, 0.1) is 39.1 Å². The van der Waals surface area contributed by atoms with Crippen LogP contribution in [0.5, 0.6) is 11.5 Å². The van der Waals surface area contributed by atoms with Gasteiger partial charge in [-0.25, -0.2) is 4.79 Å². The maximum absolute atomic E-state index is 13.0. The first-order valence-electron chi connectivity index (χ1n) is 16.5. The first-order chi connectivity index (χ1) is 23.1. The molecule has 0 bridgehead atoms. The van der Waals surface area contributed by atoms with Gasteiger partial charge in [0, 0.05) is 24.3 Å². The lowest BCUT2D eigenvalue weighted by Crippen LogP contribution is -2.48. The molecular formula is C39H46N2O7. The molecule has 9 heteroatoms. The standard InChI is InChI=1S/C39H46N2O7/c1-39(2,3)48-38(43)41-20-19-33(31-15-17-32(18-16-31)45-22-8-21-44-25-28-9-5-4-6-10-28)36(24-41)46-26-29-13-14-30-11-7-12-35(34(30)23-29)47-27-37(40)42/h4-7,9-18,23,33,36H,8,19-22,24-27H2,1-3H3,(H2,40,42). The first kappa shape index (κ1) is 34.7. The van der Waals surface area contributed by atoms with E-state index in [9.17, 15) is 9.59 Å². The molecule has 254 valence electrons. The van der Waals surface area contributed by atoms with Crippen LogP contribution >= 0.6 is 0 Å². The van der Waals surface area contributed by atoms with Crippen molar-refractivity contribution in [1.29, 1.82) is 0 Å². The summed E-state index contributed by atoms with van der Waals surface area (Å²) < 4.78 is 29.7. The highest BCUT2D eigenvalue weighted by atomic mass is 16.6. The molecule has 0 radical (unpaired) electrons. The normalized spacial score (nSPS) is 16.4. The summed E-state index contributed by atoms with van der Waals surface area (Å²) in [6.45, 7) is 8.50. The van der Waals surface area contributed by atoms with E-state index < -0.39 is 11.5 Å². The van der Waals surface area contributed by atoms with E-state index >= 15 is 0 Å². The van der Waals surface area contributed by atoms with Gasteiger partial charge in [0.15, 0.2) is 6.61 Å². The van der Waals surface area contributed by atoms with Crippen molar-refractivity contribution < 1.29 is 33.3 Å². The van der Waals surface area contributed by atoms with Crippen LogP contribution in [0.15, 0.2) is 91.0 Å². The van der Waals surface area contributed by atoms with Crippen molar-refractivity contribution in [1.82, 2.24) is 4.90 Å². The summed E-state index contributed by atoms with van der Waals surface area (Å²) in [5.74, 6) is 0.921. The summed E-state index contributed by atoms with van der Waals surface area (Å²) in [4.78, 5) is 26.1. The average Bonchev–Trinajstić information content (AvgIpc) is 3.07. The van der Waals surface area contributed by atoms with Crippen LogP contribution in [0.3, 0.4) is 0 Å². The Hall–Kier alpha value is -4.60. The predicted molar refractivity (Wildman–Crippen MR) is 185 cm³/mol. The highest BCUT2D eigenvalue weighted by Crippen LogP contribution is 2.34. The fourth-order valence-corrected chi connectivity index (χ4v) is 5.74. The van der Waals surface area contributed by atoms with Crippen LogP contribution in [0.2, 0.25) is 0 Å². The van der Waals surface area contributed by atoms with E-state index in [1.165, 1.54) is 0 Å². The van der Waals surface area contributed by atoms with E-state index in [0.717, 1.165) is 46.1 Å². The summed E-state index contributed by atoms with van der Waals surface area (Å²) >= 11 is 0. The molecule has 5 rings (SSSR count). The highest BCUT2D eigenvalue weighted by molar-refractivity contribution is 5.89. The number of carbonyl (C=O) groups is 2. The Kier molecular flexibility index (Phi) is 11.9. The number of ether oxygens (including phenoxy) is 5. The third-order valence-corrected chi connectivity index (χ3v) is 8.07. The molecule has 9 nitrogen and oxygen atoms in total. The zero-order chi connectivity index (χ0) is 33.9. The third-order valence-electron chi connectivity index (χ3n) is 8.07. The van der Waals surface area contributed by atoms with Gasteiger partial charge >= 0.3 is 6.09 Å². The number of nitrogens with zero attached hydrogens (tertiary/aromatic N) is 1. The highest BCUT2D eigenvalue weighted by Gasteiger charge is 2.35. The molecule has 0 saturated carbocycles. The molecular weight excluding hydrogens is 608 g/mol. The molecule has 2 amide bonds. The molecule has 1 aliphatic heterocycles. The SMILES string of the molecule is CC(C)(C)OC(=O)N1CCC(c2ccc(OCCCOCc3ccccc3)cc2)C(OCc2ccc3cccc(OCC(N)=O)c3c2)C1. The van der Waals surface area contributed by atoms with Gasteiger partial charge in [-0.1, -0.05) is 66.7 Å². The minimum Gasteiger partial charge on any atom is -0.494 e. The average molecular weight is 655 g/mol. The summed E-state index contributed by atoms with van der Waals surface area (Å²) in [6, 6.07) is 30.0. The molecule has 0 aromatic heterocycles. The Morgan fingerprint density at radius 3 is 2.40 bits per heavy atom. The predicted octanol–water partition coefficient (Wildman–Crippen LogP) is 7.00. The van der Waals surface area contributed by atoms with E-state index in [1.54, 1.807) is 4.90 Å². The fraction of sp³-hybridized carbons (Fsp3) is 0.385. The summed E-state index contributed by atoms with van der Waals surface area (Å²) in [5, 5.41) is 1.85. The number of hydrogen-bond acceptors (Lipinski definition) is 7. The number of carbonyl (C=O) groups excluding carboxylic acids is 2. The lowest BCUT2D eigenvalue weighted by molar-refractivity contribution is -0.119. The third kappa shape index (κ3) is 10.2. The molecule has 2 unspecified atom stereocenters. The van der Waals surface area contributed by atoms with Crippen molar-refractivity contribution >= 4 is 22.8 Å². The molecule has 1 fully saturated rings. The monoisotopic (exact) mass is 654 g/mol. The number of rotatable bonds is 14. The Morgan fingerprint density at radius 1 is 0.854 bits per heavy atom. The molecule has 2 atom stereocenters. The molecule has 1 heterocycles. The number of likely N-dealkylation sites (tertiary alicyclic amines) is 1. The zero-order valence-electron chi connectivity index (χ0n) is 28.1. The number of fused-ring (bicyclic) bond motifs is 1. The minimum atomic E-state index is -0.590.